The number of carboxylic acid groups (broad SMARTS) is 1. The Bertz CT molecular complexity index is 467. The van der Waals surface area contributed by atoms with Crippen LogP contribution >= 0.6 is 11.3 Å². The van der Waals surface area contributed by atoms with Crippen molar-refractivity contribution in [3.63, 3.8) is 0 Å². The molecular weight excluding hydrogens is 250 g/mol. The van der Waals surface area contributed by atoms with E-state index < -0.39 is 11.9 Å². The minimum atomic E-state index is -0.786. The lowest BCUT2D eigenvalue weighted by Crippen LogP contribution is -2.46. The zero-order chi connectivity index (χ0) is 12.7. The van der Waals surface area contributed by atoms with Crippen molar-refractivity contribution in [2.45, 2.75) is 37.8 Å². The van der Waals surface area contributed by atoms with Gasteiger partial charge >= 0.3 is 5.97 Å². The Morgan fingerprint density at radius 2 is 2.17 bits per heavy atom. The van der Waals surface area contributed by atoms with Gasteiger partial charge in [0.15, 0.2) is 0 Å². The number of rotatable bonds is 3. The summed E-state index contributed by atoms with van der Waals surface area (Å²) in [5, 5.41) is 11.3. The van der Waals surface area contributed by atoms with Crippen molar-refractivity contribution >= 4 is 23.2 Å². The Balaban J connectivity index is 1.98. The summed E-state index contributed by atoms with van der Waals surface area (Å²) >= 11 is 1.54. The summed E-state index contributed by atoms with van der Waals surface area (Å²) in [6.07, 6.45) is 2.86. The van der Waals surface area contributed by atoms with E-state index in [0.717, 1.165) is 17.7 Å². The summed E-state index contributed by atoms with van der Waals surface area (Å²) in [5.74, 6) is -1.12. The van der Waals surface area contributed by atoms with E-state index in [0.29, 0.717) is 12.8 Å². The molecule has 2 aliphatic rings. The van der Waals surface area contributed by atoms with Gasteiger partial charge in [0.05, 0.1) is 12.0 Å². The van der Waals surface area contributed by atoms with Gasteiger partial charge in [-0.2, -0.15) is 0 Å². The van der Waals surface area contributed by atoms with Gasteiger partial charge in [-0.05, 0) is 30.7 Å². The molecule has 0 radical (unpaired) electrons. The molecule has 0 spiro atoms. The summed E-state index contributed by atoms with van der Waals surface area (Å²) in [6, 6.07) is 3.88. The molecule has 1 aromatic heterocycles. The number of hydrogen-bond donors (Lipinski definition) is 1. The number of hydrogen-bond acceptors (Lipinski definition) is 3. The zero-order valence-corrected chi connectivity index (χ0v) is 10.7. The summed E-state index contributed by atoms with van der Waals surface area (Å²) in [7, 11) is 0. The first kappa shape index (κ1) is 11.7. The molecule has 3 rings (SSSR count). The van der Waals surface area contributed by atoms with Crippen LogP contribution in [-0.4, -0.2) is 27.9 Å². The number of carboxylic acids is 1. The molecule has 0 aromatic carbocycles. The first-order chi connectivity index (χ1) is 8.68. The van der Waals surface area contributed by atoms with Gasteiger partial charge < -0.3 is 10.0 Å². The normalized spacial score (nSPS) is 28.4. The number of amides is 1. The third-order valence-corrected chi connectivity index (χ3v) is 4.67. The van der Waals surface area contributed by atoms with Crippen LogP contribution in [-0.2, 0) is 9.59 Å². The molecule has 4 nitrogen and oxygen atoms in total. The number of piperidine rings is 1. The van der Waals surface area contributed by atoms with E-state index in [1.54, 1.807) is 11.3 Å². The highest BCUT2D eigenvalue weighted by molar-refractivity contribution is 7.10. The smallest absolute Gasteiger partial charge is 0.308 e. The molecule has 1 saturated heterocycles. The molecular formula is C13H15NO3S. The Hall–Kier alpha value is -1.36. The lowest BCUT2D eigenvalue weighted by atomic mass is 9.87. The molecule has 2 fully saturated rings. The first-order valence-electron chi connectivity index (χ1n) is 6.26. The molecule has 0 bridgehead atoms. The highest BCUT2D eigenvalue weighted by Gasteiger charge is 2.46. The van der Waals surface area contributed by atoms with Crippen LogP contribution in [0.15, 0.2) is 17.5 Å². The molecule has 1 amide bonds. The van der Waals surface area contributed by atoms with Crippen molar-refractivity contribution < 1.29 is 14.7 Å². The summed E-state index contributed by atoms with van der Waals surface area (Å²) in [4.78, 5) is 26.4. The molecule has 1 aliphatic carbocycles. The van der Waals surface area contributed by atoms with Crippen LogP contribution in [0.3, 0.4) is 0 Å². The van der Waals surface area contributed by atoms with Gasteiger partial charge in [-0.15, -0.1) is 11.3 Å². The van der Waals surface area contributed by atoms with Gasteiger partial charge in [0.2, 0.25) is 5.91 Å². The summed E-state index contributed by atoms with van der Waals surface area (Å²) in [5.41, 5.74) is 0. The van der Waals surface area contributed by atoms with Crippen LogP contribution in [0.5, 0.6) is 0 Å². The van der Waals surface area contributed by atoms with Gasteiger partial charge in [0, 0.05) is 17.3 Å². The number of carbonyl (C=O) groups excluding carboxylic acids is 1. The third-order valence-electron chi connectivity index (χ3n) is 3.73. The Kier molecular flexibility index (Phi) is 2.86. The van der Waals surface area contributed by atoms with Crippen molar-refractivity contribution in [1.29, 1.82) is 0 Å². The Morgan fingerprint density at radius 3 is 2.72 bits per heavy atom. The quantitative estimate of drug-likeness (QED) is 0.912. The van der Waals surface area contributed by atoms with E-state index in [2.05, 4.69) is 0 Å². The van der Waals surface area contributed by atoms with Gasteiger partial charge in [-0.3, -0.25) is 9.59 Å². The van der Waals surface area contributed by atoms with Crippen molar-refractivity contribution in [3.05, 3.63) is 22.4 Å². The number of nitrogens with zero attached hydrogens (tertiary/aromatic N) is 1. The van der Waals surface area contributed by atoms with Crippen LogP contribution < -0.4 is 0 Å². The highest BCUT2D eigenvalue weighted by atomic mass is 32.1. The van der Waals surface area contributed by atoms with Crippen molar-refractivity contribution in [2.75, 3.05) is 0 Å². The fourth-order valence-electron chi connectivity index (χ4n) is 2.75. The Labute approximate surface area is 109 Å². The van der Waals surface area contributed by atoms with E-state index in [9.17, 15) is 14.7 Å². The Morgan fingerprint density at radius 1 is 1.39 bits per heavy atom. The largest absolute Gasteiger partial charge is 0.481 e. The summed E-state index contributed by atoms with van der Waals surface area (Å²) in [6.45, 7) is 0. The SMILES string of the molecule is O=C(O)[C@H]1CCC(=O)N(C2CC2)[C@@H]1c1cccs1. The van der Waals surface area contributed by atoms with Crippen molar-refractivity contribution in [3.8, 4) is 0 Å². The van der Waals surface area contributed by atoms with E-state index in [-0.39, 0.29) is 18.0 Å². The maximum atomic E-state index is 12.1. The molecule has 1 N–H and O–H groups in total. The fourth-order valence-corrected chi connectivity index (χ4v) is 3.64. The number of aliphatic carboxylic acids is 1. The molecule has 2 heterocycles. The molecule has 96 valence electrons. The summed E-state index contributed by atoms with van der Waals surface area (Å²) < 4.78 is 0. The number of thiophene rings is 1. The lowest BCUT2D eigenvalue weighted by Gasteiger charge is -2.39. The fraction of sp³-hybridized carbons (Fsp3) is 0.538. The minimum Gasteiger partial charge on any atom is -0.481 e. The van der Waals surface area contributed by atoms with Crippen molar-refractivity contribution in [2.24, 2.45) is 5.92 Å². The standard InChI is InChI=1S/C13H15NO3S/c15-11-6-5-9(13(16)17)12(10-2-1-7-18-10)14(11)8-3-4-8/h1-2,7-9,12H,3-6H2,(H,16,17)/t9-,12-/m0/s1. The molecule has 18 heavy (non-hydrogen) atoms. The minimum absolute atomic E-state index is 0.119. The van der Waals surface area contributed by atoms with Crippen LogP contribution in [0.1, 0.15) is 36.6 Å². The monoisotopic (exact) mass is 265 g/mol. The van der Waals surface area contributed by atoms with Crippen molar-refractivity contribution in [1.82, 2.24) is 4.90 Å². The van der Waals surface area contributed by atoms with Gasteiger partial charge in [-0.1, -0.05) is 6.07 Å². The van der Waals surface area contributed by atoms with Gasteiger partial charge in [-0.25, -0.2) is 0 Å². The van der Waals surface area contributed by atoms with Gasteiger partial charge in [0.1, 0.15) is 0 Å². The second kappa shape index (κ2) is 4.39. The predicted molar refractivity (Wildman–Crippen MR) is 67.3 cm³/mol. The first-order valence-corrected chi connectivity index (χ1v) is 7.14. The highest BCUT2D eigenvalue weighted by Crippen LogP contribution is 2.44. The lowest BCUT2D eigenvalue weighted by molar-refractivity contribution is -0.152. The van der Waals surface area contributed by atoms with E-state index in [1.165, 1.54) is 0 Å². The molecule has 2 atom stereocenters. The maximum absolute atomic E-state index is 12.1. The second-order valence-electron chi connectivity index (χ2n) is 4.98. The van der Waals surface area contributed by atoms with Crippen LogP contribution in [0, 0.1) is 5.92 Å². The van der Waals surface area contributed by atoms with Crippen LogP contribution in [0.25, 0.3) is 0 Å². The van der Waals surface area contributed by atoms with E-state index in [1.807, 2.05) is 22.4 Å². The predicted octanol–water partition coefficient (Wildman–Crippen LogP) is 2.27. The van der Waals surface area contributed by atoms with Crippen LogP contribution in [0.4, 0.5) is 0 Å². The number of carbonyl (C=O) groups is 2. The van der Waals surface area contributed by atoms with E-state index >= 15 is 0 Å². The number of likely N-dealkylation sites (tertiary alicyclic amines) is 1. The maximum Gasteiger partial charge on any atom is 0.308 e. The molecule has 1 aromatic rings. The third kappa shape index (κ3) is 1.92. The molecule has 1 aliphatic heterocycles. The zero-order valence-electron chi connectivity index (χ0n) is 9.91. The average Bonchev–Trinajstić information content (AvgIpc) is 3.03. The van der Waals surface area contributed by atoms with E-state index in [4.69, 9.17) is 0 Å². The van der Waals surface area contributed by atoms with Gasteiger partial charge in [0.25, 0.3) is 0 Å². The topological polar surface area (TPSA) is 57.6 Å². The molecule has 5 heteroatoms. The molecule has 0 unspecified atom stereocenters. The second-order valence-corrected chi connectivity index (χ2v) is 5.96. The average molecular weight is 265 g/mol. The van der Waals surface area contributed by atoms with Crippen LogP contribution in [0.2, 0.25) is 0 Å². The molecule has 1 saturated carbocycles.